The summed E-state index contributed by atoms with van der Waals surface area (Å²) in [6, 6.07) is -0.280. The number of piperidine rings is 1. The van der Waals surface area contributed by atoms with Crippen molar-refractivity contribution >= 4 is 23.8 Å². The molecule has 4 amide bonds. The molecule has 8 nitrogen and oxygen atoms in total. The van der Waals surface area contributed by atoms with Crippen LogP contribution in [-0.4, -0.2) is 64.9 Å². The number of nitrogens with one attached hydrogen (secondary N) is 1. The predicted molar refractivity (Wildman–Crippen MR) is 99.1 cm³/mol. The van der Waals surface area contributed by atoms with Gasteiger partial charge >= 0.3 is 12.0 Å². The number of hydrogen-bond donors (Lipinski definition) is 1. The molecule has 0 aromatic heterocycles. The second-order valence-electron chi connectivity index (χ2n) is 8.61. The van der Waals surface area contributed by atoms with Gasteiger partial charge < -0.3 is 15.0 Å². The molecule has 2 atom stereocenters. The summed E-state index contributed by atoms with van der Waals surface area (Å²) in [6.07, 6.45) is 9.71. The Morgan fingerprint density at radius 1 is 1.04 bits per heavy atom. The third kappa shape index (κ3) is 3.49. The van der Waals surface area contributed by atoms with E-state index in [4.69, 9.17) is 4.74 Å². The van der Waals surface area contributed by atoms with Crippen LogP contribution in [0.1, 0.15) is 64.2 Å². The highest BCUT2D eigenvalue weighted by Gasteiger charge is 2.52. The summed E-state index contributed by atoms with van der Waals surface area (Å²) in [5.74, 6) is -0.673. The number of imide groups is 1. The molecule has 2 aliphatic heterocycles. The highest BCUT2D eigenvalue weighted by atomic mass is 16.5. The largest absolute Gasteiger partial charge is 0.454 e. The van der Waals surface area contributed by atoms with Crippen LogP contribution in [0.5, 0.6) is 0 Å². The van der Waals surface area contributed by atoms with Gasteiger partial charge in [-0.3, -0.25) is 19.3 Å². The molecule has 1 spiro atoms. The van der Waals surface area contributed by atoms with Crippen LogP contribution in [0, 0.1) is 5.92 Å². The van der Waals surface area contributed by atoms with Crippen molar-refractivity contribution in [3.8, 4) is 0 Å². The molecular formula is C20H29N3O5. The molecule has 2 saturated heterocycles. The second kappa shape index (κ2) is 7.72. The lowest BCUT2D eigenvalue weighted by Crippen LogP contribution is -2.51. The first-order valence-electron chi connectivity index (χ1n) is 10.6. The van der Waals surface area contributed by atoms with Crippen LogP contribution < -0.4 is 5.32 Å². The zero-order chi connectivity index (χ0) is 19.7. The van der Waals surface area contributed by atoms with Crippen LogP contribution in [0.2, 0.25) is 0 Å². The van der Waals surface area contributed by atoms with Crippen molar-refractivity contribution in [2.24, 2.45) is 5.92 Å². The molecule has 4 aliphatic rings. The van der Waals surface area contributed by atoms with E-state index in [-0.39, 0.29) is 24.5 Å². The van der Waals surface area contributed by atoms with E-state index in [0.717, 1.165) is 37.0 Å². The second-order valence-corrected chi connectivity index (χ2v) is 8.61. The van der Waals surface area contributed by atoms with Crippen molar-refractivity contribution in [2.45, 2.75) is 75.8 Å². The number of ether oxygens (including phenoxy) is 1. The Morgan fingerprint density at radius 3 is 2.54 bits per heavy atom. The van der Waals surface area contributed by atoms with Gasteiger partial charge in [0, 0.05) is 12.6 Å². The summed E-state index contributed by atoms with van der Waals surface area (Å²) in [6.45, 7) is -0.0459. The van der Waals surface area contributed by atoms with E-state index < -0.39 is 24.1 Å². The van der Waals surface area contributed by atoms with Crippen LogP contribution >= 0.6 is 0 Å². The van der Waals surface area contributed by atoms with E-state index in [9.17, 15) is 19.2 Å². The van der Waals surface area contributed by atoms with Crippen molar-refractivity contribution in [1.82, 2.24) is 15.1 Å². The number of fused-ring (bicyclic) bond motifs is 1. The molecule has 0 radical (unpaired) electrons. The summed E-state index contributed by atoms with van der Waals surface area (Å²) in [4.78, 5) is 52.3. The molecular weight excluding hydrogens is 362 g/mol. The fraction of sp³-hybridized carbons (Fsp3) is 0.800. The Labute approximate surface area is 164 Å². The van der Waals surface area contributed by atoms with Crippen molar-refractivity contribution in [3.63, 3.8) is 0 Å². The number of amides is 4. The lowest BCUT2D eigenvalue weighted by atomic mass is 9.78. The molecule has 8 heteroatoms. The van der Waals surface area contributed by atoms with Crippen LogP contribution in [0.15, 0.2) is 0 Å². The average molecular weight is 391 g/mol. The topological polar surface area (TPSA) is 96.0 Å². The molecule has 0 aromatic rings. The van der Waals surface area contributed by atoms with Gasteiger partial charge in [-0.2, -0.15) is 0 Å². The van der Waals surface area contributed by atoms with Crippen LogP contribution in [0.3, 0.4) is 0 Å². The van der Waals surface area contributed by atoms with Crippen LogP contribution in [0.25, 0.3) is 0 Å². The molecule has 4 rings (SSSR count). The molecule has 2 saturated carbocycles. The Morgan fingerprint density at radius 2 is 1.75 bits per heavy atom. The number of carbonyl (C=O) groups excluding carboxylic acids is 4. The highest BCUT2D eigenvalue weighted by molar-refractivity contribution is 6.08. The monoisotopic (exact) mass is 391 g/mol. The van der Waals surface area contributed by atoms with Gasteiger partial charge in [-0.15, -0.1) is 0 Å². The Bertz CT molecular complexity index is 671. The first-order chi connectivity index (χ1) is 13.5. The molecule has 0 bridgehead atoms. The van der Waals surface area contributed by atoms with E-state index in [0.29, 0.717) is 25.3 Å². The predicted octanol–water partition coefficient (Wildman–Crippen LogP) is 1.58. The van der Waals surface area contributed by atoms with Gasteiger partial charge in [0.1, 0.15) is 12.1 Å². The van der Waals surface area contributed by atoms with E-state index in [1.807, 2.05) is 4.90 Å². The first kappa shape index (κ1) is 19.2. The third-order valence-electron chi connectivity index (χ3n) is 6.91. The van der Waals surface area contributed by atoms with Gasteiger partial charge in [-0.1, -0.05) is 25.7 Å². The summed E-state index contributed by atoms with van der Waals surface area (Å²) < 4.78 is 5.14. The molecule has 0 unspecified atom stereocenters. The maximum Gasteiger partial charge on any atom is 0.326 e. The third-order valence-corrected chi connectivity index (χ3v) is 6.91. The van der Waals surface area contributed by atoms with Crippen molar-refractivity contribution in [3.05, 3.63) is 0 Å². The van der Waals surface area contributed by atoms with Gasteiger partial charge in [0.15, 0.2) is 6.61 Å². The SMILES string of the molecule is O=C(CN1C(=O)NC2(CCCC2)C1=O)OCC(=O)N1CCC[C@H]2CCCC[C@@H]21. The Kier molecular flexibility index (Phi) is 5.29. The summed E-state index contributed by atoms with van der Waals surface area (Å²) in [5.41, 5.74) is -0.836. The number of urea groups is 1. The normalized spacial score (nSPS) is 29.0. The Hall–Kier alpha value is -2.12. The maximum absolute atomic E-state index is 12.6. The summed E-state index contributed by atoms with van der Waals surface area (Å²) in [7, 11) is 0. The molecule has 154 valence electrons. The highest BCUT2D eigenvalue weighted by Crippen LogP contribution is 2.36. The van der Waals surface area contributed by atoms with Crippen molar-refractivity contribution in [1.29, 1.82) is 0 Å². The van der Waals surface area contributed by atoms with Crippen molar-refractivity contribution < 1.29 is 23.9 Å². The maximum atomic E-state index is 12.6. The van der Waals surface area contributed by atoms with E-state index >= 15 is 0 Å². The average Bonchev–Trinajstić information content (AvgIpc) is 3.26. The molecule has 0 aromatic carbocycles. The number of nitrogens with zero attached hydrogens (tertiary/aromatic N) is 2. The standard InChI is InChI=1S/C20H29N3O5/c24-16(22-11-5-7-14-6-1-2-8-15(14)22)13-28-17(25)12-23-18(26)20(21-19(23)27)9-3-4-10-20/h14-15H,1-13H2,(H,21,27)/t14-,15+/m1/s1. The van der Waals surface area contributed by atoms with E-state index in [1.165, 1.54) is 19.3 Å². The molecule has 28 heavy (non-hydrogen) atoms. The van der Waals surface area contributed by atoms with Crippen LogP contribution in [0.4, 0.5) is 4.79 Å². The minimum absolute atomic E-state index is 0.172. The minimum Gasteiger partial charge on any atom is -0.454 e. The number of esters is 1. The fourth-order valence-corrected chi connectivity index (χ4v) is 5.47. The zero-order valence-electron chi connectivity index (χ0n) is 16.3. The molecule has 4 fully saturated rings. The number of likely N-dealkylation sites (tertiary alicyclic amines) is 1. The number of carbonyl (C=O) groups is 4. The van der Waals surface area contributed by atoms with Crippen molar-refractivity contribution in [2.75, 3.05) is 19.7 Å². The summed E-state index contributed by atoms with van der Waals surface area (Å²) in [5, 5.41) is 2.74. The van der Waals surface area contributed by atoms with Gasteiger partial charge in [0.2, 0.25) is 0 Å². The minimum atomic E-state index is -0.836. The lowest BCUT2D eigenvalue weighted by Gasteiger charge is -2.44. The zero-order valence-corrected chi connectivity index (χ0v) is 16.3. The van der Waals surface area contributed by atoms with E-state index in [1.54, 1.807) is 0 Å². The van der Waals surface area contributed by atoms with Crippen LogP contribution in [-0.2, 0) is 19.1 Å². The van der Waals surface area contributed by atoms with Gasteiger partial charge in [0.25, 0.3) is 11.8 Å². The van der Waals surface area contributed by atoms with E-state index in [2.05, 4.69) is 5.32 Å². The summed E-state index contributed by atoms with van der Waals surface area (Å²) >= 11 is 0. The van der Waals surface area contributed by atoms with Gasteiger partial charge in [-0.25, -0.2) is 4.79 Å². The Balaban J connectivity index is 1.29. The molecule has 2 heterocycles. The quantitative estimate of drug-likeness (QED) is 0.580. The molecule has 1 N–H and O–H groups in total. The number of hydrogen-bond acceptors (Lipinski definition) is 5. The number of rotatable bonds is 4. The lowest BCUT2D eigenvalue weighted by molar-refractivity contribution is -0.156. The van der Waals surface area contributed by atoms with Gasteiger partial charge in [0.05, 0.1) is 0 Å². The first-order valence-corrected chi connectivity index (χ1v) is 10.6. The van der Waals surface area contributed by atoms with Gasteiger partial charge in [-0.05, 0) is 44.4 Å². The smallest absolute Gasteiger partial charge is 0.326 e. The molecule has 2 aliphatic carbocycles. The fourth-order valence-electron chi connectivity index (χ4n) is 5.47.